The van der Waals surface area contributed by atoms with Crippen LogP contribution in [0.4, 0.5) is 13.2 Å². The summed E-state index contributed by atoms with van der Waals surface area (Å²) in [5, 5.41) is -0.142. The molecule has 1 heterocycles. The normalized spacial score (nSPS) is 11.7. The number of nitrogens with zero attached hydrogens (tertiary/aromatic N) is 3. The van der Waals surface area contributed by atoms with E-state index >= 15 is 0 Å². The Bertz CT molecular complexity index is 415. The Balaban J connectivity index is 2.51. The van der Waals surface area contributed by atoms with E-state index in [1.807, 2.05) is 0 Å². The minimum Gasteiger partial charge on any atom is -0.463 e. The van der Waals surface area contributed by atoms with Crippen molar-refractivity contribution < 1.29 is 22.6 Å². The van der Waals surface area contributed by atoms with Crippen molar-refractivity contribution in [2.45, 2.75) is 39.0 Å². The standard InChI is InChI=1S/C10H13ClF3N3O2/c1-6(2)19-9-16-7(11)15-8(17-9)18-5-3-4-10(12,13)14/h6H,3-5H2,1-2H3. The SMILES string of the molecule is CC(C)Oc1nc(Cl)nc(OCCCC(F)(F)F)n1. The summed E-state index contributed by atoms with van der Waals surface area (Å²) in [5.41, 5.74) is 0. The summed E-state index contributed by atoms with van der Waals surface area (Å²) in [4.78, 5) is 11.1. The van der Waals surface area contributed by atoms with E-state index in [1.54, 1.807) is 13.8 Å². The van der Waals surface area contributed by atoms with Gasteiger partial charge in [-0.05, 0) is 31.9 Å². The minimum absolute atomic E-state index is 0.0270. The largest absolute Gasteiger partial charge is 0.463 e. The van der Waals surface area contributed by atoms with Crippen LogP contribution in [0.2, 0.25) is 5.28 Å². The van der Waals surface area contributed by atoms with Crippen LogP contribution in [0.1, 0.15) is 26.7 Å². The highest BCUT2D eigenvalue weighted by atomic mass is 35.5. The number of hydrogen-bond acceptors (Lipinski definition) is 5. The zero-order valence-electron chi connectivity index (χ0n) is 10.4. The molecule has 108 valence electrons. The van der Waals surface area contributed by atoms with Gasteiger partial charge in [0.05, 0.1) is 12.7 Å². The van der Waals surface area contributed by atoms with Gasteiger partial charge in [-0.25, -0.2) is 0 Å². The van der Waals surface area contributed by atoms with Gasteiger partial charge in [0.15, 0.2) is 0 Å². The Hall–Kier alpha value is -1.31. The molecule has 0 N–H and O–H groups in total. The van der Waals surface area contributed by atoms with Gasteiger partial charge in [-0.2, -0.15) is 23.1 Å². The molecule has 5 nitrogen and oxygen atoms in total. The lowest BCUT2D eigenvalue weighted by molar-refractivity contribution is -0.136. The van der Waals surface area contributed by atoms with Gasteiger partial charge in [-0.1, -0.05) is 0 Å². The summed E-state index contributed by atoms with van der Waals surface area (Å²) < 4.78 is 45.9. The topological polar surface area (TPSA) is 57.1 Å². The van der Waals surface area contributed by atoms with Crippen LogP contribution >= 0.6 is 11.6 Å². The van der Waals surface area contributed by atoms with Crippen LogP contribution in [0.15, 0.2) is 0 Å². The van der Waals surface area contributed by atoms with E-state index in [1.165, 1.54) is 0 Å². The molecule has 9 heteroatoms. The smallest absolute Gasteiger partial charge is 0.389 e. The van der Waals surface area contributed by atoms with Crippen LogP contribution in [-0.2, 0) is 0 Å². The summed E-state index contributed by atoms with van der Waals surface area (Å²) in [6, 6.07) is -0.182. The predicted octanol–water partition coefficient (Wildman–Crippen LogP) is 3.03. The fraction of sp³-hybridized carbons (Fsp3) is 0.700. The van der Waals surface area contributed by atoms with Gasteiger partial charge in [0, 0.05) is 6.42 Å². The molecule has 0 aromatic carbocycles. The fourth-order valence-electron chi connectivity index (χ4n) is 1.08. The van der Waals surface area contributed by atoms with Crippen LogP contribution in [0.3, 0.4) is 0 Å². The summed E-state index contributed by atoms with van der Waals surface area (Å²) in [7, 11) is 0. The maximum atomic E-state index is 11.9. The second kappa shape index (κ2) is 6.74. The van der Waals surface area contributed by atoms with Crippen molar-refractivity contribution in [3.05, 3.63) is 5.28 Å². The van der Waals surface area contributed by atoms with Crippen LogP contribution in [0, 0.1) is 0 Å². The van der Waals surface area contributed by atoms with E-state index in [4.69, 9.17) is 21.1 Å². The van der Waals surface area contributed by atoms with E-state index in [9.17, 15) is 13.2 Å². The van der Waals surface area contributed by atoms with Crippen molar-refractivity contribution in [3.8, 4) is 12.0 Å². The van der Waals surface area contributed by atoms with Gasteiger partial charge >= 0.3 is 18.2 Å². The highest BCUT2D eigenvalue weighted by molar-refractivity contribution is 6.28. The Kier molecular flexibility index (Phi) is 5.59. The highest BCUT2D eigenvalue weighted by Gasteiger charge is 2.26. The molecular weight excluding hydrogens is 287 g/mol. The molecule has 19 heavy (non-hydrogen) atoms. The average molecular weight is 300 g/mol. The van der Waals surface area contributed by atoms with Crippen molar-refractivity contribution in [2.24, 2.45) is 0 Å². The molecular formula is C10H13ClF3N3O2. The molecule has 0 radical (unpaired) electrons. The molecule has 0 saturated heterocycles. The summed E-state index contributed by atoms with van der Waals surface area (Å²) in [6.45, 7) is 3.37. The molecule has 0 aliphatic heterocycles. The molecule has 0 spiro atoms. The molecule has 0 bridgehead atoms. The summed E-state index contributed by atoms with van der Waals surface area (Å²) >= 11 is 5.62. The molecule has 0 atom stereocenters. The van der Waals surface area contributed by atoms with Gasteiger partial charge in [-0.3, -0.25) is 0 Å². The van der Waals surface area contributed by atoms with Crippen molar-refractivity contribution in [2.75, 3.05) is 6.61 Å². The van der Waals surface area contributed by atoms with Crippen molar-refractivity contribution in [1.82, 2.24) is 15.0 Å². The first kappa shape index (κ1) is 15.7. The van der Waals surface area contributed by atoms with E-state index in [-0.39, 0.29) is 36.4 Å². The molecule has 1 rings (SSSR count). The summed E-state index contributed by atoms with van der Waals surface area (Å²) in [5.74, 6) is 0. The number of aromatic nitrogens is 3. The maximum Gasteiger partial charge on any atom is 0.389 e. The quantitative estimate of drug-likeness (QED) is 0.756. The van der Waals surface area contributed by atoms with Crippen LogP contribution in [0.5, 0.6) is 12.0 Å². The number of rotatable bonds is 6. The Morgan fingerprint density at radius 3 is 2.37 bits per heavy atom. The zero-order chi connectivity index (χ0) is 14.5. The number of ether oxygens (including phenoxy) is 2. The second-order valence-electron chi connectivity index (χ2n) is 3.90. The molecule has 1 aromatic rings. The van der Waals surface area contributed by atoms with Gasteiger partial charge in [0.2, 0.25) is 5.28 Å². The molecule has 1 aromatic heterocycles. The first-order chi connectivity index (χ1) is 8.76. The first-order valence-corrected chi connectivity index (χ1v) is 5.92. The van der Waals surface area contributed by atoms with Gasteiger partial charge in [0.1, 0.15) is 0 Å². The molecule has 0 amide bonds. The molecule has 0 aliphatic rings. The van der Waals surface area contributed by atoms with Gasteiger partial charge < -0.3 is 9.47 Å². The molecule has 0 fully saturated rings. The lowest BCUT2D eigenvalue weighted by Crippen LogP contribution is -2.12. The third-order valence-corrected chi connectivity index (χ3v) is 1.91. The van der Waals surface area contributed by atoms with Gasteiger partial charge in [0.25, 0.3) is 0 Å². The Morgan fingerprint density at radius 2 is 1.79 bits per heavy atom. The highest BCUT2D eigenvalue weighted by Crippen LogP contribution is 2.21. The lowest BCUT2D eigenvalue weighted by Gasteiger charge is -2.09. The van der Waals surface area contributed by atoms with E-state index in [0.717, 1.165) is 0 Å². The zero-order valence-corrected chi connectivity index (χ0v) is 11.1. The second-order valence-corrected chi connectivity index (χ2v) is 4.24. The van der Waals surface area contributed by atoms with Crippen LogP contribution < -0.4 is 9.47 Å². The third-order valence-electron chi connectivity index (χ3n) is 1.74. The monoisotopic (exact) mass is 299 g/mol. The first-order valence-electron chi connectivity index (χ1n) is 5.54. The molecule has 0 unspecified atom stereocenters. The van der Waals surface area contributed by atoms with E-state index in [2.05, 4.69) is 15.0 Å². The molecule has 0 aliphatic carbocycles. The van der Waals surface area contributed by atoms with Crippen molar-refractivity contribution in [1.29, 1.82) is 0 Å². The number of halogens is 4. The van der Waals surface area contributed by atoms with E-state index in [0.29, 0.717) is 0 Å². The molecule has 0 saturated carbocycles. The number of alkyl halides is 3. The summed E-state index contributed by atoms with van der Waals surface area (Å²) in [6.07, 6.45) is -5.49. The lowest BCUT2D eigenvalue weighted by atomic mass is 10.3. The van der Waals surface area contributed by atoms with Crippen LogP contribution in [-0.4, -0.2) is 33.8 Å². The Morgan fingerprint density at radius 1 is 1.16 bits per heavy atom. The van der Waals surface area contributed by atoms with Crippen molar-refractivity contribution >= 4 is 11.6 Å². The van der Waals surface area contributed by atoms with Gasteiger partial charge in [-0.15, -0.1) is 4.98 Å². The number of hydrogen-bond donors (Lipinski definition) is 0. The predicted molar refractivity (Wildman–Crippen MR) is 61.4 cm³/mol. The van der Waals surface area contributed by atoms with Crippen molar-refractivity contribution in [3.63, 3.8) is 0 Å². The minimum atomic E-state index is -4.20. The average Bonchev–Trinajstić information content (AvgIpc) is 2.21. The maximum absolute atomic E-state index is 11.9. The fourth-order valence-corrected chi connectivity index (χ4v) is 1.22. The Labute approximate surface area is 113 Å². The van der Waals surface area contributed by atoms with E-state index < -0.39 is 12.6 Å². The van der Waals surface area contributed by atoms with Crippen LogP contribution in [0.25, 0.3) is 0 Å². The third kappa shape index (κ3) is 7.00.